The summed E-state index contributed by atoms with van der Waals surface area (Å²) >= 11 is 0. The van der Waals surface area contributed by atoms with Crippen LogP contribution in [0.1, 0.15) is 15.9 Å². The van der Waals surface area contributed by atoms with Crippen LogP contribution in [0.2, 0.25) is 0 Å². The van der Waals surface area contributed by atoms with Crippen molar-refractivity contribution in [2.75, 3.05) is 0 Å². The molecule has 2 rings (SSSR count). The number of carbonyl (C=O) groups is 1. The van der Waals surface area contributed by atoms with Crippen LogP contribution in [0.5, 0.6) is 11.6 Å². The van der Waals surface area contributed by atoms with E-state index in [2.05, 4.69) is 10.2 Å². The molecule has 0 aliphatic carbocycles. The van der Waals surface area contributed by atoms with Gasteiger partial charge in [-0.2, -0.15) is 10.4 Å². The van der Waals surface area contributed by atoms with Gasteiger partial charge in [0.25, 0.3) is 11.6 Å². The third-order valence-electron chi connectivity index (χ3n) is 2.42. The quantitative estimate of drug-likeness (QED) is 0.662. The minimum Gasteiger partial charge on any atom is -0.477 e. The number of rotatable bonds is 4. The zero-order valence-electron chi connectivity index (χ0n) is 10.3. The van der Waals surface area contributed by atoms with Crippen molar-refractivity contribution in [2.24, 2.45) is 0 Å². The van der Waals surface area contributed by atoms with Gasteiger partial charge >= 0.3 is 5.97 Å². The summed E-state index contributed by atoms with van der Waals surface area (Å²) in [7, 11) is 0. The van der Waals surface area contributed by atoms with Crippen LogP contribution in [0.25, 0.3) is 0 Å². The summed E-state index contributed by atoms with van der Waals surface area (Å²) in [6, 6.07) is 6.39. The van der Waals surface area contributed by atoms with E-state index in [0.29, 0.717) is 0 Å². The number of carboxylic acid groups (broad SMARTS) is 1. The van der Waals surface area contributed by atoms with Crippen molar-refractivity contribution < 1.29 is 19.6 Å². The van der Waals surface area contributed by atoms with E-state index in [0.717, 1.165) is 12.1 Å². The van der Waals surface area contributed by atoms with Gasteiger partial charge in [0, 0.05) is 12.1 Å². The molecule has 0 amide bonds. The Kier molecular flexibility index (Phi) is 3.71. The summed E-state index contributed by atoms with van der Waals surface area (Å²) in [5, 5.41) is 35.7. The molecule has 0 aliphatic rings. The molecule has 0 aliphatic heterocycles. The van der Waals surface area contributed by atoms with Crippen molar-refractivity contribution in [1.29, 1.82) is 5.26 Å². The number of nitriles is 1. The monoisotopic (exact) mass is 286 g/mol. The summed E-state index contributed by atoms with van der Waals surface area (Å²) in [6.07, 6.45) is 1.30. The lowest BCUT2D eigenvalue weighted by Crippen LogP contribution is -2.03. The molecule has 2 aromatic rings. The predicted molar refractivity (Wildman–Crippen MR) is 66.9 cm³/mol. The van der Waals surface area contributed by atoms with Gasteiger partial charge in [0.15, 0.2) is 0 Å². The molecule has 0 atom stereocenters. The van der Waals surface area contributed by atoms with Gasteiger partial charge in [-0.25, -0.2) is 4.79 Å². The van der Waals surface area contributed by atoms with E-state index in [1.165, 1.54) is 18.3 Å². The van der Waals surface area contributed by atoms with Crippen LogP contribution >= 0.6 is 0 Å². The fourth-order valence-electron chi connectivity index (χ4n) is 1.50. The Morgan fingerprint density at radius 3 is 2.81 bits per heavy atom. The number of nitro benzene ring substituents is 1. The fraction of sp³-hybridized carbons (Fsp3) is 0. The molecule has 9 heteroatoms. The van der Waals surface area contributed by atoms with Crippen molar-refractivity contribution in [3.05, 3.63) is 51.7 Å². The molecule has 0 spiro atoms. The molecule has 0 saturated carbocycles. The first-order valence-electron chi connectivity index (χ1n) is 5.44. The Bertz CT molecular complexity index is 768. The average Bonchev–Trinajstić information content (AvgIpc) is 2.47. The Labute approximate surface area is 117 Å². The molecule has 0 fully saturated rings. The second kappa shape index (κ2) is 5.62. The number of nitrogens with zero attached hydrogens (tertiary/aromatic N) is 4. The van der Waals surface area contributed by atoms with Gasteiger partial charge in [0.2, 0.25) is 0 Å². The Morgan fingerprint density at radius 2 is 2.19 bits per heavy atom. The topological polar surface area (TPSA) is 139 Å². The number of hydrogen-bond donors (Lipinski definition) is 1. The van der Waals surface area contributed by atoms with Crippen LogP contribution in [0.15, 0.2) is 30.5 Å². The number of benzene rings is 1. The highest BCUT2D eigenvalue weighted by Gasteiger charge is 2.21. The van der Waals surface area contributed by atoms with Crippen LogP contribution < -0.4 is 4.74 Å². The van der Waals surface area contributed by atoms with Gasteiger partial charge in [0.05, 0.1) is 11.1 Å². The summed E-state index contributed by atoms with van der Waals surface area (Å²) in [6.45, 7) is 0. The van der Waals surface area contributed by atoms with E-state index >= 15 is 0 Å². The van der Waals surface area contributed by atoms with Crippen LogP contribution in [-0.2, 0) is 0 Å². The number of aromatic carboxylic acids is 1. The third kappa shape index (κ3) is 2.90. The molecule has 1 aromatic carbocycles. The van der Waals surface area contributed by atoms with E-state index in [1.807, 2.05) is 6.07 Å². The first-order valence-corrected chi connectivity index (χ1v) is 5.44. The lowest BCUT2D eigenvalue weighted by atomic mass is 10.1. The van der Waals surface area contributed by atoms with Gasteiger partial charge in [-0.05, 0) is 12.1 Å². The Morgan fingerprint density at radius 1 is 1.43 bits per heavy atom. The highest BCUT2D eigenvalue weighted by Crippen LogP contribution is 2.27. The van der Waals surface area contributed by atoms with Gasteiger partial charge in [-0.15, -0.1) is 5.10 Å². The van der Waals surface area contributed by atoms with Crippen LogP contribution in [0.4, 0.5) is 5.69 Å². The molecule has 0 saturated heterocycles. The predicted octanol–water partition coefficient (Wildman–Crippen LogP) is 1.75. The maximum absolute atomic E-state index is 11.0. The van der Waals surface area contributed by atoms with Crippen molar-refractivity contribution in [3.8, 4) is 17.7 Å². The van der Waals surface area contributed by atoms with Gasteiger partial charge in [-0.3, -0.25) is 10.1 Å². The SMILES string of the molecule is N#Cc1ccnnc1Oc1ccc([N+](=O)[O-])c(C(=O)O)c1. The van der Waals surface area contributed by atoms with E-state index in [1.54, 1.807) is 0 Å². The third-order valence-corrected chi connectivity index (χ3v) is 2.42. The Hall–Kier alpha value is -3.54. The lowest BCUT2D eigenvalue weighted by Gasteiger charge is -2.06. The fourth-order valence-corrected chi connectivity index (χ4v) is 1.50. The van der Waals surface area contributed by atoms with E-state index in [4.69, 9.17) is 15.1 Å². The van der Waals surface area contributed by atoms with Crippen LogP contribution in [-0.4, -0.2) is 26.2 Å². The van der Waals surface area contributed by atoms with E-state index in [9.17, 15) is 14.9 Å². The summed E-state index contributed by atoms with van der Waals surface area (Å²) < 4.78 is 5.24. The molecule has 1 aromatic heterocycles. The second-order valence-electron chi connectivity index (χ2n) is 3.71. The molecule has 104 valence electrons. The van der Waals surface area contributed by atoms with Gasteiger partial charge in [-0.1, -0.05) is 0 Å². The van der Waals surface area contributed by atoms with E-state index < -0.39 is 22.1 Å². The Balaban J connectivity index is 2.42. The number of hydrogen-bond acceptors (Lipinski definition) is 7. The maximum Gasteiger partial charge on any atom is 0.342 e. The molecule has 0 radical (unpaired) electrons. The molecule has 21 heavy (non-hydrogen) atoms. The normalized spacial score (nSPS) is 9.67. The zero-order valence-corrected chi connectivity index (χ0v) is 10.3. The molecular weight excluding hydrogens is 280 g/mol. The second-order valence-corrected chi connectivity index (χ2v) is 3.71. The highest BCUT2D eigenvalue weighted by atomic mass is 16.6. The van der Waals surface area contributed by atoms with Gasteiger partial charge in [0.1, 0.15) is 22.9 Å². The molecule has 9 nitrogen and oxygen atoms in total. The number of nitro groups is 1. The van der Waals surface area contributed by atoms with Crippen LogP contribution in [0.3, 0.4) is 0 Å². The molecule has 0 unspecified atom stereocenters. The summed E-state index contributed by atoms with van der Waals surface area (Å²) in [4.78, 5) is 20.9. The number of carboxylic acids is 1. The number of aromatic nitrogens is 2. The number of ether oxygens (including phenoxy) is 1. The van der Waals surface area contributed by atoms with Crippen molar-refractivity contribution >= 4 is 11.7 Å². The van der Waals surface area contributed by atoms with Crippen molar-refractivity contribution in [2.45, 2.75) is 0 Å². The molecule has 0 bridgehead atoms. The van der Waals surface area contributed by atoms with Crippen molar-refractivity contribution in [3.63, 3.8) is 0 Å². The maximum atomic E-state index is 11.0. The van der Waals surface area contributed by atoms with Crippen molar-refractivity contribution in [1.82, 2.24) is 10.2 Å². The minimum atomic E-state index is -1.47. The summed E-state index contributed by atoms with van der Waals surface area (Å²) in [5.41, 5.74) is -0.991. The molecule has 1 heterocycles. The van der Waals surface area contributed by atoms with Crippen LogP contribution in [0, 0.1) is 21.4 Å². The smallest absolute Gasteiger partial charge is 0.342 e. The van der Waals surface area contributed by atoms with E-state index in [-0.39, 0.29) is 17.2 Å². The summed E-state index contributed by atoms with van der Waals surface area (Å²) in [5.74, 6) is -1.59. The first kappa shape index (κ1) is 13.9. The zero-order chi connectivity index (χ0) is 15.4. The lowest BCUT2D eigenvalue weighted by molar-refractivity contribution is -0.385. The molecule has 1 N–H and O–H groups in total. The highest BCUT2D eigenvalue weighted by molar-refractivity contribution is 5.92. The standard InChI is InChI=1S/C12H6N4O5/c13-6-7-3-4-14-15-11(7)21-8-1-2-10(16(19)20)9(5-8)12(17)18/h1-5H,(H,17,18). The molecular formula is C12H6N4O5. The average molecular weight is 286 g/mol. The largest absolute Gasteiger partial charge is 0.477 e. The first-order chi connectivity index (χ1) is 10.0. The van der Waals surface area contributed by atoms with Gasteiger partial charge < -0.3 is 9.84 Å². The minimum absolute atomic E-state index is 0.00463.